The van der Waals surface area contributed by atoms with Gasteiger partial charge in [0.1, 0.15) is 0 Å². The molecule has 11 rings (SSSR count). The average molecular weight is 758 g/mol. The van der Waals surface area contributed by atoms with Gasteiger partial charge in [-0.1, -0.05) is 182 Å². The highest BCUT2D eigenvalue weighted by atomic mass is 15.1. The van der Waals surface area contributed by atoms with E-state index in [1.807, 2.05) is 152 Å². The summed E-state index contributed by atoms with van der Waals surface area (Å²) >= 11 is 0. The topological polar surface area (TPSA) is 3.24 Å². The molecule has 0 N–H and O–H groups in total. The number of fused-ring (bicyclic) bond motifs is 6. The zero-order chi connectivity index (χ0) is 46.1. The van der Waals surface area contributed by atoms with Gasteiger partial charge in [-0.3, -0.25) is 0 Å². The van der Waals surface area contributed by atoms with Gasteiger partial charge in [0.15, 0.2) is 0 Å². The Morgan fingerprint density at radius 1 is 0.254 bits per heavy atom. The fourth-order valence-corrected chi connectivity index (χ4v) is 8.31. The molecule has 11 aromatic rings. The van der Waals surface area contributed by atoms with Crippen LogP contribution in [0.15, 0.2) is 236 Å². The standard InChI is InChI=1S/C58H39N/c1-2-13-40(14-3-1)44-17-12-18-45(37-44)41-25-31-48(32-26-41)59(49-33-27-42(28-34-49)57-38-46-15-4-6-19-51(46)53-21-8-10-23-55(53)57)50-35-29-43(30-36-50)58-39-47-16-5-7-20-52(47)54-22-9-11-24-56(54)58/h1-39H/i27D,28D,29D,30D,33D,34D,35D,36D. The second kappa shape index (κ2) is 14.6. The van der Waals surface area contributed by atoms with Crippen LogP contribution in [0.1, 0.15) is 11.0 Å². The molecule has 0 aromatic heterocycles. The molecule has 11 aromatic carbocycles. The van der Waals surface area contributed by atoms with Gasteiger partial charge >= 0.3 is 0 Å². The molecule has 0 radical (unpaired) electrons. The molecule has 0 fully saturated rings. The first-order valence-corrected chi connectivity index (χ1v) is 19.7. The lowest BCUT2D eigenvalue weighted by Gasteiger charge is -2.26. The Balaban J connectivity index is 1.14. The van der Waals surface area contributed by atoms with Crippen LogP contribution < -0.4 is 4.90 Å². The lowest BCUT2D eigenvalue weighted by atomic mass is 9.93. The third kappa shape index (κ3) is 6.30. The van der Waals surface area contributed by atoms with E-state index in [2.05, 4.69) is 24.3 Å². The summed E-state index contributed by atoms with van der Waals surface area (Å²) in [5.41, 5.74) is 5.15. The van der Waals surface area contributed by atoms with Crippen molar-refractivity contribution in [3.8, 4) is 44.5 Å². The van der Waals surface area contributed by atoms with Crippen LogP contribution >= 0.6 is 0 Å². The van der Waals surface area contributed by atoms with Crippen molar-refractivity contribution in [3.05, 3.63) is 236 Å². The van der Waals surface area contributed by atoms with E-state index in [-0.39, 0.29) is 46.7 Å². The number of rotatable bonds is 7. The average Bonchev–Trinajstić information content (AvgIpc) is 3.37. The summed E-state index contributed by atoms with van der Waals surface area (Å²) in [6.45, 7) is 0. The smallest absolute Gasteiger partial charge is 0.0645 e. The van der Waals surface area contributed by atoms with Gasteiger partial charge in [0.25, 0.3) is 0 Å². The minimum absolute atomic E-state index is 0.118. The van der Waals surface area contributed by atoms with E-state index >= 15 is 0 Å². The van der Waals surface area contributed by atoms with E-state index in [9.17, 15) is 11.0 Å². The highest BCUT2D eigenvalue weighted by Gasteiger charge is 2.16. The summed E-state index contributed by atoms with van der Waals surface area (Å²) in [7, 11) is 0. The summed E-state index contributed by atoms with van der Waals surface area (Å²) < 4.78 is 77.6. The summed E-state index contributed by atoms with van der Waals surface area (Å²) in [6.07, 6.45) is 0. The van der Waals surface area contributed by atoms with Gasteiger partial charge in [-0.25, -0.2) is 0 Å². The van der Waals surface area contributed by atoms with E-state index in [1.165, 1.54) is 4.90 Å². The number of nitrogens with zero attached hydrogens (tertiary/aromatic N) is 1. The Hall–Kier alpha value is -7.74. The summed E-state index contributed by atoms with van der Waals surface area (Å²) in [4.78, 5) is 1.37. The largest absolute Gasteiger partial charge is 0.311 e. The number of benzene rings is 11. The van der Waals surface area contributed by atoms with Crippen LogP contribution in [0.5, 0.6) is 0 Å². The Bertz CT molecular complexity index is 3550. The maximum Gasteiger partial charge on any atom is 0.0645 e. The Labute approximate surface area is 356 Å². The molecule has 0 spiro atoms. The molecule has 0 amide bonds. The fourth-order valence-electron chi connectivity index (χ4n) is 8.31. The second-order valence-corrected chi connectivity index (χ2v) is 14.7. The predicted molar refractivity (Wildman–Crippen MR) is 253 cm³/mol. The van der Waals surface area contributed by atoms with Crippen molar-refractivity contribution in [1.29, 1.82) is 0 Å². The SMILES string of the molecule is [2H]c1c([2H])c(N(c2ccc(-c3cccc(-c4ccccc4)c3)cc2)c2c([2H])c([2H])c(-c3cc4ccccc4c4ccccc34)c([2H])c2[2H])c([2H])c([2H])c1-c1cc2ccccc2c2ccccc12. The molecular formula is C58H39N. The van der Waals surface area contributed by atoms with Crippen molar-refractivity contribution < 1.29 is 11.0 Å². The minimum atomic E-state index is -0.394. The van der Waals surface area contributed by atoms with E-state index in [0.717, 1.165) is 65.3 Å². The quantitative estimate of drug-likeness (QED) is 0.146. The van der Waals surface area contributed by atoms with Gasteiger partial charge in [-0.05, 0) is 142 Å². The second-order valence-electron chi connectivity index (χ2n) is 14.7. The normalized spacial score (nSPS) is 13.3. The van der Waals surface area contributed by atoms with Crippen LogP contribution in [-0.2, 0) is 0 Å². The molecule has 59 heavy (non-hydrogen) atoms. The molecule has 1 nitrogen and oxygen atoms in total. The molecule has 0 atom stereocenters. The fraction of sp³-hybridized carbons (Fsp3) is 0. The zero-order valence-corrected chi connectivity index (χ0v) is 31.8. The van der Waals surface area contributed by atoms with Crippen molar-refractivity contribution in [1.82, 2.24) is 0 Å². The molecular weight excluding hydrogens is 711 g/mol. The van der Waals surface area contributed by atoms with Crippen molar-refractivity contribution in [3.63, 3.8) is 0 Å². The van der Waals surface area contributed by atoms with Crippen LogP contribution in [0.4, 0.5) is 17.1 Å². The van der Waals surface area contributed by atoms with E-state index < -0.39 is 24.2 Å². The molecule has 276 valence electrons. The van der Waals surface area contributed by atoms with Crippen LogP contribution in [0.3, 0.4) is 0 Å². The van der Waals surface area contributed by atoms with Crippen molar-refractivity contribution in [2.75, 3.05) is 4.90 Å². The molecule has 0 heterocycles. The van der Waals surface area contributed by atoms with Crippen LogP contribution in [-0.4, -0.2) is 0 Å². The van der Waals surface area contributed by atoms with Gasteiger partial charge in [-0.2, -0.15) is 0 Å². The molecule has 0 saturated heterocycles. The van der Waals surface area contributed by atoms with Gasteiger partial charge in [-0.15, -0.1) is 0 Å². The molecule has 0 saturated carbocycles. The number of hydrogen-bond acceptors (Lipinski definition) is 1. The maximum atomic E-state index is 9.75. The molecule has 0 aliphatic heterocycles. The zero-order valence-electron chi connectivity index (χ0n) is 39.8. The lowest BCUT2D eigenvalue weighted by molar-refractivity contribution is 1.28. The Morgan fingerprint density at radius 2 is 0.644 bits per heavy atom. The van der Waals surface area contributed by atoms with Crippen molar-refractivity contribution in [2.24, 2.45) is 0 Å². The van der Waals surface area contributed by atoms with Gasteiger partial charge < -0.3 is 4.90 Å². The molecule has 0 aliphatic rings. The van der Waals surface area contributed by atoms with Gasteiger partial charge in [0.05, 0.1) is 11.0 Å². The third-order valence-electron chi connectivity index (χ3n) is 11.2. The van der Waals surface area contributed by atoms with Crippen molar-refractivity contribution in [2.45, 2.75) is 0 Å². The molecule has 0 aliphatic carbocycles. The summed E-state index contributed by atoms with van der Waals surface area (Å²) in [5.74, 6) is 0. The minimum Gasteiger partial charge on any atom is -0.311 e. The van der Waals surface area contributed by atoms with Gasteiger partial charge in [0, 0.05) is 17.1 Å². The van der Waals surface area contributed by atoms with E-state index in [0.29, 0.717) is 16.8 Å². The maximum absolute atomic E-state index is 9.75. The summed E-state index contributed by atoms with van der Waals surface area (Å²) in [6, 6.07) is 57.8. The lowest BCUT2D eigenvalue weighted by Crippen LogP contribution is -2.09. The summed E-state index contributed by atoms with van der Waals surface area (Å²) in [5, 5.41) is 7.14. The van der Waals surface area contributed by atoms with Crippen molar-refractivity contribution >= 4 is 60.2 Å². The first-order chi connectivity index (χ1) is 32.6. The van der Waals surface area contributed by atoms with Crippen LogP contribution in [0.25, 0.3) is 87.6 Å². The monoisotopic (exact) mass is 757 g/mol. The molecule has 1 heteroatoms. The third-order valence-corrected chi connectivity index (χ3v) is 11.2. The first kappa shape index (κ1) is 27.0. The number of hydrogen-bond donors (Lipinski definition) is 0. The Morgan fingerprint density at radius 3 is 1.14 bits per heavy atom. The first-order valence-electron chi connectivity index (χ1n) is 23.7. The Kier molecular flexibility index (Phi) is 6.70. The van der Waals surface area contributed by atoms with Crippen LogP contribution in [0.2, 0.25) is 0 Å². The predicted octanol–water partition coefficient (Wildman–Crippen LogP) is 16.4. The molecule has 0 bridgehead atoms. The highest BCUT2D eigenvalue weighted by Crippen LogP contribution is 2.41. The van der Waals surface area contributed by atoms with E-state index in [4.69, 9.17) is 0 Å². The van der Waals surface area contributed by atoms with Crippen LogP contribution in [0, 0.1) is 0 Å². The van der Waals surface area contributed by atoms with E-state index in [1.54, 1.807) is 12.1 Å². The number of anilines is 3. The highest BCUT2D eigenvalue weighted by molar-refractivity contribution is 6.15. The van der Waals surface area contributed by atoms with Gasteiger partial charge in [0.2, 0.25) is 0 Å². The molecule has 0 unspecified atom stereocenters.